The molecule has 112 valence electrons. The molecule has 0 bridgehead atoms. The van der Waals surface area contributed by atoms with Crippen molar-refractivity contribution in [2.24, 2.45) is 0 Å². The monoisotopic (exact) mass is 306 g/mol. The van der Waals surface area contributed by atoms with Crippen LogP contribution in [0.3, 0.4) is 0 Å². The predicted octanol–water partition coefficient (Wildman–Crippen LogP) is 1.83. The molecule has 0 spiro atoms. The Balaban J connectivity index is 1.50. The quantitative estimate of drug-likeness (QED) is 0.936. The van der Waals surface area contributed by atoms with Gasteiger partial charge in [0.2, 0.25) is 0 Å². The van der Waals surface area contributed by atoms with Gasteiger partial charge in [0.25, 0.3) is 5.91 Å². The minimum Gasteiger partial charge on any atom is -0.459 e. The molecule has 3 heterocycles. The van der Waals surface area contributed by atoms with Crippen LogP contribution in [0.4, 0.5) is 0 Å². The molecule has 1 aliphatic heterocycles. The molecule has 0 aliphatic carbocycles. The minimum atomic E-state index is -0.447. The molecular formula is C15H18N2O3S. The molecule has 2 aromatic rings. The summed E-state index contributed by atoms with van der Waals surface area (Å²) in [5.41, 5.74) is 0. The molecule has 1 amide bonds. The predicted molar refractivity (Wildman–Crippen MR) is 80.3 cm³/mol. The normalized spacial score (nSPS) is 17.9. The van der Waals surface area contributed by atoms with E-state index in [1.165, 1.54) is 6.26 Å². The Morgan fingerprint density at radius 1 is 1.29 bits per heavy atom. The summed E-state index contributed by atoms with van der Waals surface area (Å²) in [5.74, 6) is 0.334. The van der Waals surface area contributed by atoms with Crippen molar-refractivity contribution in [2.75, 3.05) is 32.7 Å². The summed E-state index contributed by atoms with van der Waals surface area (Å²) in [4.78, 5) is 17.1. The van der Waals surface area contributed by atoms with Crippen LogP contribution in [0.2, 0.25) is 0 Å². The fourth-order valence-corrected chi connectivity index (χ4v) is 3.21. The van der Waals surface area contributed by atoms with Crippen LogP contribution in [0.5, 0.6) is 0 Å². The Morgan fingerprint density at radius 2 is 2.10 bits per heavy atom. The third-order valence-electron chi connectivity index (χ3n) is 3.69. The summed E-state index contributed by atoms with van der Waals surface area (Å²) in [6.45, 7) is 3.49. The van der Waals surface area contributed by atoms with E-state index in [4.69, 9.17) is 4.42 Å². The molecule has 2 aromatic heterocycles. The van der Waals surface area contributed by atoms with Gasteiger partial charge < -0.3 is 14.4 Å². The molecule has 3 rings (SSSR count). The number of rotatable bonds is 4. The molecule has 0 aromatic carbocycles. The van der Waals surface area contributed by atoms with Gasteiger partial charge in [0.05, 0.1) is 6.26 Å². The Morgan fingerprint density at radius 3 is 2.71 bits per heavy atom. The number of aliphatic hydroxyl groups is 1. The molecule has 21 heavy (non-hydrogen) atoms. The van der Waals surface area contributed by atoms with Gasteiger partial charge >= 0.3 is 0 Å². The van der Waals surface area contributed by atoms with Crippen LogP contribution in [0.15, 0.2) is 40.3 Å². The number of carbonyl (C=O) groups is 1. The largest absolute Gasteiger partial charge is 0.459 e. The molecule has 5 nitrogen and oxygen atoms in total. The topological polar surface area (TPSA) is 56.9 Å². The van der Waals surface area contributed by atoms with Crippen LogP contribution in [0.1, 0.15) is 21.5 Å². The maximum Gasteiger partial charge on any atom is 0.289 e. The summed E-state index contributed by atoms with van der Waals surface area (Å²) in [6.07, 6.45) is 1.07. The molecule has 1 aliphatic rings. The number of aliphatic hydroxyl groups excluding tert-OH is 1. The Hall–Kier alpha value is -1.63. The van der Waals surface area contributed by atoms with E-state index in [2.05, 4.69) is 4.90 Å². The smallest absolute Gasteiger partial charge is 0.289 e. The maximum atomic E-state index is 12.1. The van der Waals surface area contributed by atoms with E-state index >= 15 is 0 Å². The average Bonchev–Trinajstić information content (AvgIpc) is 3.20. The Kier molecular flexibility index (Phi) is 4.38. The minimum absolute atomic E-state index is 0.0570. The lowest BCUT2D eigenvalue weighted by Gasteiger charge is -2.35. The van der Waals surface area contributed by atoms with E-state index in [1.807, 2.05) is 17.5 Å². The highest BCUT2D eigenvalue weighted by Gasteiger charge is 2.25. The number of nitrogens with zero attached hydrogens (tertiary/aromatic N) is 2. The first-order chi connectivity index (χ1) is 10.2. The number of thiophene rings is 1. The molecule has 1 unspecified atom stereocenters. The van der Waals surface area contributed by atoms with Crippen molar-refractivity contribution >= 4 is 17.2 Å². The van der Waals surface area contributed by atoms with Gasteiger partial charge in [-0.05, 0) is 23.6 Å². The van der Waals surface area contributed by atoms with E-state index in [-0.39, 0.29) is 5.91 Å². The van der Waals surface area contributed by atoms with Crippen LogP contribution in [0.25, 0.3) is 0 Å². The molecule has 0 saturated carbocycles. The van der Waals surface area contributed by atoms with Crippen LogP contribution >= 0.6 is 11.3 Å². The average molecular weight is 306 g/mol. The summed E-state index contributed by atoms with van der Waals surface area (Å²) in [7, 11) is 0. The number of β-amino-alcohol motifs (C(OH)–C–C–N with tert-alkyl or cyclic N) is 1. The molecule has 1 N–H and O–H groups in total. The molecular weight excluding hydrogens is 288 g/mol. The van der Waals surface area contributed by atoms with Gasteiger partial charge in [0, 0.05) is 37.6 Å². The molecule has 1 saturated heterocycles. The van der Waals surface area contributed by atoms with Crippen molar-refractivity contribution in [1.29, 1.82) is 0 Å². The van der Waals surface area contributed by atoms with E-state index < -0.39 is 6.10 Å². The summed E-state index contributed by atoms with van der Waals surface area (Å²) < 4.78 is 5.15. The zero-order valence-corrected chi connectivity index (χ0v) is 12.5. The first-order valence-electron chi connectivity index (χ1n) is 7.00. The SMILES string of the molecule is O=C(c1ccco1)N1CCN(CC(O)c2cccs2)CC1. The van der Waals surface area contributed by atoms with Gasteiger partial charge in [-0.3, -0.25) is 9.69 Å². The number of amides is 1. The van der Waals surface area contributed by atoms with Crippen molar-refractivity contribution in [2.45, 2.75) is 6.10 Å². The number of carbonyl (C=O) groups excluding carboxylic acids is 1. The Labute approximate surface area is 127 Å². The van der Waals surface area contributed by atoms with Crippen molar-refractivity contribution in [1.82, 2.24) is 9.80 Å². The zero-order chi connectivity index (χ0) is 14.7. The summed E-state index contributed by atoms with van der Waals surface area (Å²) >= 11 is 1.57. The van der Waals surface area contributed by atoms with E-state index in [1.54, 1.807) is 28.4 Å². The van der Waals surface area contributed by atoms with Gasteiger partial charge in [0.15, 0.2) is 5.76 Å². The highest BCUT2D eigenvalue weighted by molar-refractivity contribution is 7.10. The van der Waals surface area contributed by atoms with Crippen molar-refractivity contribution in [3.8, 4) is 0 Å². The molecule has 6 heteroatoms. The number of hydrogen-bond donors (Lipinski definition) is 1. The van der Waals surface area contributed by atoms with Crippen molar-refractivity contribution in [3.63, 3.8) is 0 Å². The van der Waals surface area contributed by atoms with Gasteiger partial charge in [-0.1, -0.05) is 6.07 Å². The lowest BCUT2D eigenvalue weighted by molar-refractivity contribution is 0.0508. The van der Waals surface area contributed by atoms with Crippen molar-refractivity contribution < 1.29 is 14.3 Å². The highest BCUT2D eigenvalue weighted by atomic mass is 32.1. The highest BCUT2D eigenvalue weighted by Crippen LogP contribution is 2.20. The summed E-state index contributed by atoms with van der Waals surface area (Å²) in [5, 5.41) is 12.1. The number of piperazine rings is 1. The first-order valence-corrected chi connectivity index (χ1v) is 7.88. The van der Waals surface area contributed by atoms with Gasteiger partial charge in [-0.2, -0.15) is 0 Å². The van der Waals surface area contributed by atoms with Gasteiger partial charge in [-0.25, -0.2) is 0 Å². The van der Waals surface area contributed by atoms with Crippen LogP contribution in [-0.2, 0) is 0 Å². The van der Waals surface area contributed by atoms with Gasteiger partial charge in [0.1, 0.15) is 6.10 Å². The van der Waals surface area contributed by atoms with E-state index in [0.29, 0.717) is 25.4 Å². The third-order valence-corrected chi connectivity index (χ3v) is 4.67. The van der Waals surface area contributed by atoms with Gasteiger partial charge in [-0.15, -0.1) is 11.3 Å². The molecule has 0 radical (unpaired) electrons. The fourth-order valence-electron chi connectivity index (χ4n) is 2.51. The fraction of sp³-hybridized carbons (Fsp3) is 0.400. The first kappa shape index (κ1) is 14.3. The molecule has 1 fully saturated rings. The number of hydrogen-bond acceptors (Lipinski definition) is 5. The van der Waals surface area contributed by atoms with Crippen LogP contribution in [-0.4, -0.2) is 53.5 Å². The van der Waals surface area contributed by atoms with Crippen LogP contribution in [0, 0.1) is 0 Å². The summed E-state index contributed by atoms with van der Waals surface area (Å²) in [6, 6.07) is 7.31. The maximum absolute atomic E-state index is 12.1. The van der Waals surface area contributed by atoms with Crippen molar-refractivity contribution in [3.05, 3.63) is 46.5 Å². The lowest BCUT2D eigenvalue weighted by atomic mass is 10.2. The zero-order valence-electron chi connectivity index (χ0n) is 11.6. The standard InChI is InChI=1S/C15H18N2O3S/c18-12(14-4-2-10-21-14)11-16-5-7-17(8-6-16)15(19)13-3-1-9-20-13/h1-4,9-10,12,18H,5-8,11H2. The van der Waals surface area contributed by atoms with E-state index in [9.17, 15) is 9.90 Å². The second kappa shape index (κ2) is 6.43. The number of furan rings is 1. The second-order valence-corrected chi connectivity index (χ2v) is 6.08. The van der Waals surface area contributed by atoms with Crippen LogP contribution < -0.4 is 0 Å². The molecule has 1 atom stereocenters. The third kappa shape index (κ3) is 3.34. The Bertz CT molecular complexity index is 560. The lowest BCUT2D eigenvalue weighted by Crippen LogP contribution is -2.49. The second-order valence-electron chi connectivity index (χ2n) is 5.10. The van der Waals surface area contributed by atoms with E-state index in [0.717, 1.165) is 18.0 Å².